The predicted molar refractivity (Wildman–Crippen MR) is 68.5 cm³/mol. The van der Waals surface area contributed by atoms with Crippen LogP contribution in [0.2, 0.25) is 0 Å². The third kappa shape index (κ3) is 3.59. The van der Waals surface area contributed by atoms with Gasteiger partial charge in [0.05, 0.1) is 0 Å². The molecule has 0 spiro atoms. The molecule has 2 rings (SSSR count). The highest BCUT2D eigenvalue weighted by Gasteiger charge is 2.05. The summed E-state index contributed by atoms with van der Waals surface area (Å²) in [6.07, 6.45) is 5.67. The van der Waals surface area contributed by atoms with Crippen molar-refractivity contribution in [3.8, 4) is 0 Å². The topological polar surface area (TPSA) is 28.2 Å². The molecule has 2 heterocycles. The average Bonchev–Trinajstić information content (AvgIpc) is 2.66. The van der Waals surface area contributed by atoms with E-state index in [-0.39, 0.29) is 0 Å². The van der Waals surface area contributed by atoms with E-state index in [1.54, 1.807) is 11.3 Å². The zero-order valence-electron chi connectivity index (χ0n) is 8.45. The van der Waals surface area contributed by atoms with Crippen molar-refractivity contribution >= 4 is 32.4 Å². The van der Waals surface area contributed by atoms with E-state index >= 15 is 0 Å². The van der Waals surface area contributed by atoms with Gasteiger partial charge in [0.1, 0.15) is 4.60 Å². The van der Waals surface area contributed by atoms with Crippen molar-refractivity contribution < 1.29 is 0 Å². The highest BCUT2D eigenvalue weighted by Crippen LogP contribution is 2.18. The van der Waals surface area contributed by atoms with Crippen molar-refractivity contribution in [3.05, 3.63) is 22.1 Å². The molecule has 3 nitrogen and oxygen atoms in total. The van der Waals surface area contributed by atoms with Gasteiger partial charge in [-0.1, -0.05) is 12.2 Å². The lowest BCUT2D eigenvalue weighted by atomic mass is 10.2. The molecule has 82 valence electrons. The minimum atomic E-state index is 0.913. The van der Waals surface area contributed by atoms with Crippen molar-refractivity contribution in [2.45, 2.75) is 6.42 Å². The Morgan fingerprint density at radius 1 is 1.53 bits per heavy atom. The molecule has 1 aliphatic heterocycles. The van der Waals surface area contributed by atoms with Crippen LogP contribution in [0.1, 0.15) is 6.42 Å². The van der Waals surface area contributed by atoms with Crippen LogP contribution < -0.4 is 5.32 Å². The van der Waals surface area contributed by atoms with Crippen molar-refractivity contribution in [1.29, 1.82) is 0 Å². The predicted octanol–water partition coefficient (Wildman–Crippen LogP) is 2.58. The van der Waals surface area contributed by atoms with Crippen LogP contribution in [0.15, 0.2) is 22.1 Å². The number of aromatic nitrogens is 1. The van der Waals surface area contributed by atoms with Gasteiger partial charge < -0.3 is 5.32 Å². The highest BCUT2D eigenvalue weighted by atomic mass is 79.9. The zero-order chi connectivity index (χ0) is 10.5. The summed E-state index contributed by atoms with van der Waals surface area (Å²) in [7, 11) is 0. The number of rotatable bonds is 4. The van der Waals surface area contributed by atoms with E-state index in [0.29, 0.717) is 0 Å². The molecule has 0 unspecified atom stereocenters. The maximum absolute atomic E-state index is 4.28. The fourth-order valence-corrected chi connectivity index (χ4v) is 2.72. The second-order valence-corrected chi connectivity index (χ2v) is 5.13. The molecule has 0 aliphatic carbocycles. The van der Waals surface area contributed by atoms with Gasteiger partial charge in [0, 0.05) is 31.6 Å². The van der Waals surface area contributed by atoms with E-state index in [9.17, 15) is 0 Å². The number of nitrogens with one attached hydrogen (secondary N) is 1. The molecule has 0 saturated heterocycles. The van der Waals surface area contributed by atoms with Crippen LogP contribution in [-0.2, 0) is 0 Å². The van der Waals surface area contributed by atoms with Gasteiger partial charge in [-0.15, -0.1) is 11.3 Å². The Bertz CT molecular complexity index is 337. The number of anilines is 1. The Hall–Kier alpha value is -0.390. The molecule has 0 bridgehead atoms. The first-order valence-corrected chi connectivity index (χ1v) is 6.74. The maximum Gasteiger partial charge on any atom is 0.183 e. The molecule has 1 N–H and O–H groups in total. The lowest BCUT2D eigenvalue weighted by molar-refractivity contribution is 0.310. The number of thiazole rings is 1. The summed E-state index contributed by atoms with van der Waals surface area (Å²) in [5.74, 6) is 0. The fraction of sp³-hybridized carbons (Fsp3) is 0.500. The lowest BCUT2D eigenvalue weighted by Gasteiger charge is -2.22. The van der Waals surface area contributed by atoms with Crippen LogP contribution >= 0.6 is 27.3 Å². The molecule has 0 aromatic carbocycles. The Kier molecular flexibility index (Phi) is 4.17. The largest absolute Gasteiger partial charge is 0.360 e. The third-order valence-electron chi connectivity index (χ3n) is 2.32. The van der Waals surface area contributed by atoms with Crippen LogP contribution in [0.25, 0.3) is 0 Å². The summed E-state index contributed by atoms with van der Waals surface area (Å²) in [6.45, 7) is 4.32. The Morgan fingerprint density at radius 2 is 2.47 bits per heavy atom. The quantitative estimate of drug-likeness (QED) is 0.863. The first kappa shape index (κ1) is 11.1. The molecule has 1 aromatic rings. The van der Waals surface area contributed by atoms with Gasteiger partial charge in [0.15, 0.2) is 5.13 Å². The zero-order valence-corrected chi connectivity index (χ0v) is 10.9. The average molecular weight is 288 g/mol. The van der Waals surface area contributed by atoms with E-state index < -0.39 is 0 Å². The maximum atomic E-state index is 4.28. The Labute approximate surface area is 102 Å². The van der Waals surface area contributed by atoms with Crippen LogP contribution in [-0.4, -0.2) is 36.1 Å². The highest BCUT2D eigenvalue weighted by molar-refractivity contribution is 9.10. The first-order chi connectivity index (χ1) is 7.34. The summed E-state index contributed by atoms with van der Waals surface area (Å²) < 4.78 is 0.913. The van der Waals surface area contributed by atoms with Gasteiger partial charge in [-0.25, -0.2) is 4.98 Å². The van der Waals surface area contributed by atoms with Crippen molar-refractivity contribution in [3.63, 3.8) is 0 Å². The molecule has 1 aromatic heterocycles. The SMILES string of the molecule is Brc1csc(NCCN2CC=CCC2)n1. The summed E-state index contributed by atoms with van der Waals surface area (Å²) in [5.41, 5.74) is 0. The molecular weight excluding hydrogens is 274 g/mol. The minimum absolute atomic E-state index is 0.913. The fourth-order valence-electron chi connectivity index (χ4n) is 1.55. The third-order valence-corrected chi connectivity index (χ3v) is 3.83. The molecule has 0 radical (unpaired) electrons. The van der Waals surface area contributed by atoms with E-state index in [1.807, 2.05) is 5.38 Å². The van der Waals surface area contributed by atoms with E-state index in [0.717, 1.165) is 29.4 Å². The first-order valence-electron chi connectivity index (χ1n) is 5.07. The molecule has 0 fully saturated rings. The second kappa shape index (κ2) is 5.63. The molecule has 0 atom stereocenters. The molecular formula is C10H14BrN3S. The minimum Gasteiger partial charge on any atom is -0.360 e. The Morgan fingerprint density at radius 3 is 3.13 bits per heavy atom. The lowest BCUT2D eigenvalue weighted by Crippen LogP contribution is -2.31. The number of hydrogen-bond donors (Lipinski definition) is 1. The number of halogens is 1. The van der Waals surface area contributed by atoms with Gasteiger partial charge in [-0.2, -0.15) is 0 Å². The smallest absolute Gasteiger partial charge is 0.183 e. The van der Waals surface area contributed by atoms with Gasteiger partial charge in [-0.05, 0) is 22.4 Å². The standard InChI is InChI=1S/C10H14BrN3S/c11-9-8-15-10(13-9)12-4-7-14-5-2-1-3-6-14/h1-2,8H,3-7H2,(H,12,13). The van der Waals surface area contributed by atoms with E-state index in [4.69, 9.17) is 0 Å². The van der Waals surface area contributed by atoms with Gasteiger partial charge in [0.25, 0.3) is 0 Å². The molecule has 15 heavy (non-hydrogen) atoms. The summed E-state index contributed by atoms with van der Waals surface area (Å²) >= 11 is 4.97. The number of nitrogens with zero attached hydrogens (tertiary/aromatic N) is 2. The van der Waals surface area contributed by atoms with Gasteiger partial charge in [0.2, 0.25) is 0 Å². The summed E-state index contributed by atoms with van der Waals surface area (Å²) in [5, 5.41) is 6.31. The molecule has 1 aliphatic rings. The van der Waals surface area contributed by atoms with Gasteiger partial charge in [-0.3, -0.25) is 4.90 Å². The van der Waals surface area contributed by atoms with Crippen molar-refractivity contribution in [1.82, 2.24) is 9.88 Å². The summed E-state index contributed by atoms with van der Waals surface area (Å²) in [4.78, 5) is 6.73. The normalized spacial score (nSPS) is 16.9. The monoisotopic (exact) mass is 287 g/mol. The molecule has 0 amide bonds. The van der Waals surface area contributed by atoms with E-state index in [2.05, 4.69) is 43.3 Å². The van der Waals surface area contributed by atoms with Crippen LogP contribution in [0.4, 0.5) is 5.13 Å². The van der Waals surface area contributed by atoms with Crippen LogP contribution in [0.3, 0.4) is 0 Å². The van der Waals surface area contributed by atoms with Crippen molar-refractivity contribution in [2.24, 2.45) is 0 Å². The second-order valence-electron chi connectivity index (χ2n) is 3.46. The van der Waals surface area contributed by atoms with Crippen molar-refractivity contribution in [2.75, 3.05) is 31.5 Å². The Balaban J connectivity index is 1.68. The number of hydrogen-bond acceptors (Lipinski definition) is 4. The molecule has 0 saturated carbocycles. The van der Waals surface area contributed by atoms with Gasteiger partial charge >= 0.3 is 0 Å². The van der Waals surface area contributed by atoms with Crippen LogP contribution in [0, 0.1) is 0 Å². The van der Waals surface area contributed by atoms with E-state index in [1.165, 1.54) is 13.0 Å². The summed E-state index contributed by atoms with van der Waals surface area (Å²) in [6, 6.07) is 0. The molecule has 5 heteroatoms. The van der Waals surface area contributed by atoms with Crippen LogP contribution in [0.5, 0.6) is 0 Å².